The van der Waals surface area contributed by atoms with Crippen molar-refractivity contribution in [1.29, 1.82) is 0 Å². The van der Waals surface area contributed by atoms with Crippen molar-refractivity contribution < 1.29 is 14.7 Å². The Hall–Kier alpha value is -1.85. The zero-order valence-electron chi connectivity index (χ0n) is 11.0. The number of carbonyl (C=O) groups excluding carboxylic acids is 1. The Morgan fingerprint density at radius 2 is 2.21 bits per heavy atom. The van der Waals surface area contributed by atoms with Crippen LogP contribution in [0.1, 0.15) is 19.8 Å². The van der Waals surface area contributed by atoms with Crippen LogP contribution in [0.4, 0.5) is 0 Å². The molecule has 1 N–H and O–H groups in total. The van der Waals surface area contributed by atoms with Gasteiger partial charge in [0.2, 0.25) is 5.91 Å². The number of likely N-dealkylation sites (tertiary alicyclic amines) is 1. The van der Waals surface area contributed by atoms with E-state index in [1.807, 2.05) is 19.2 Å². The molecule has 1 aliphatic rings. The normalized spacial score (nSPS) is 23.3. The average molecular weight is 265 g/mol. The highest BCUT2D eigenvalue weighted by molar-refractivity contribution is 5.78. The first-order chi connectivity index (χ1) is 9.06. The number of carboxylic acids is 1. The van der Waals surface area contributed by atoms with Gasteiger partial charge in [-0.2, -0.15) is 5.10 Å². The molecule has 2 heterocycles. The van der Waals surface area contributed by atoms with Crippen LogP contribution in [0.5, 0.6) is 0 Å². The van der Waals surface area contributed by atoms with Crippen molar-refractivity contribution in [3.63, 3.8) is 0 Å². The summed E-state index contributed by atoms with van der Waals surface area (Å²) in [6, 6.07) is 1.81. The van der Waals surface area contributed by atoms with Gasteiger partial charge in [0.15, 0.2) is 0 Å². The third-order valence-corrected chi connectivity index (χ3v) is 3.48. The van der Waals surface area contributed by atoms with Crippen LogP contribution >= 0.6 is 0 Å². The molecule has 0 spiro atoms. The topological polar surface area (TPSA) is 75.4 Å². The van der Waals surface area contributed by atoms with Gasteiger partial charge >= 0.3 is 5.97 Å². The number of carbonyl (C=O) groups is 2. The maximum absolute atomic E-state index is 12.1. The Balaban J connectivity index is 1.89. The second kappa shape index (κ2) is 5.86. The number of rotatable bonds is 4. The van der Waals surface area contributed by atoms with E-state index in [4.69, 9.17) is 5.11 Å². The van der Waals surface area contributed by atoms with Crippen molar-refractivity contribution in [1.82, 2.24) is 14.7 Å². The minimum Gasteiger partial charge on any atom is -0.481 e. The van der Waals surface area contributed by atoms with E-state index in [2.05, 4.69) is 5.10 Å². The smallest absolute Gasteiger partial charge is 0.308 e. The highest BCUT2D eigenvalue weighted by Gasteiger charge is 2.31. The summed E-state index contributed by atoms with van der Waals surface area (Å²) in [5.74, 6) is -0.995. The quantitative estimate of drug-likeness (QED) is 0.875. The molecule has 6 heteroatoms. The number of aliphatic carboxylic acids is 1. The fourth-order valence-electron chi connectivity index (χ4n) is 2.54. The SMILES string of the molecule is CC1CC(C(=O)O)CN(C(=O)CCn2cccn2)C1. The van der Waals surface area contributed by atoms with Crippen molar-refractivity contribution in [2.75, 3.05) is 13.1 Å². The summed E-state index contributed by atoms with van der Waals surface area (Å²) in [6.07, 6.45) is 4.50. The minimum atomic E-state index is -0.809. The maximum Gasteiger partial charge on any atom is 0.308 e. The first kappa shape index (κ1) is 13.6. The molecule has 0 saturated carbocycles. The lowest BCUT2D eigenvalue weighted by Gasteiger charge is -2.34. The number of nitrogens with zero attached hydrogens (tertiary/aromatic N) is 3. The van der Waals surface area contributed by atoms with Crippen LogP contribution in [0.15, 0.2) is 18.5 Å². The van der Waals surface area contributed by atoms with Crippen molar-refractivity contribution in [2.24, 2.45) is 11.8 Å². The van der Waals surface area contributed by atoms with Crippen LogP contribution < -0.4 is 0 Å². The molecule has 1 saturated heterocycles. The second-order valence-corrected chi connectivity index (χ2v) is 5.19. The van der Waals surface area contributed by atoms with Gasteiger partial charge in [0.05, 0.1) is 5.92 Å². The summed E-state index contributed by atoms with van der Waals surface area (Å²) in [4.78, 5) is 24.8. The molecule has 2 rings (SSSR count). The maximum atomic E-state index is 12.1. The Morgan fingerprint density at radius 3 is 2.84 bits per heavy atom. The van der Waals surface area contributed by atoms with E-state index in [9.17, 15) is 9.59 Å². The van der Waals surface area contributed by atoms with Crippen LogP contribution in [0.25, 0.3) is 0 Å². The van der Waals surface area contributed by atoms with Gasteiger partial charge in [0, 0.05) is 38.4 Å². The molecule has 104 valence electrons. The van der Waals surface area contributed by atoms with Crippen molar-refractivity contribution >= 4 is 11.9 Å². The first-order valence-corrected chi connectivity index (χ1v) is 6.54. The number of aryl methyl sites for hydroxylation is 1. The van der Waals surface area contributed by atoms with Gasteiger partial charge in [-0.25, -0.2) is 0 Å². The van der Waals surface area contributed by atoms with Crippen molar-refractivity contribution in [3.05, 3.63) is 18.5 Å². The Bertz CT molecular complexity index is 444. The van der Waals surface area contributed by atoms with Gasteiger partial charge in [-0.05, 0) is 18.4 Å². The molecule has 1 aliphatic heterocycles. The van der Waals surface area contributed by atoms with Crippen molar-refractivity contribution in [2.45, 2.75) is 26.3 Å². The number of amides is 1. The Labute approximate surface area is 112 Å². The number of hydrogen-bond acceptors (Lipinski definition) is 3. The molecule has 2 atom stereocenters. The molecule has 0 aromatic carbocycles. The summed E-state index contributed by atoms with van der Waals surface area (Å²) < 4.78 is 1.71. The number of piperidine rings is 1. The molecule has 6 nitrogen and oxygen atoms in total. The zero-order chi connectivity index (χ0) is 13.8. The average Bonchev–Trinajstić information content (AvgIpc) is 2.88. The predicted octanol–water partition coefficient (Wildman–Crippen LogP) is 0.842. The highest BCUT2D eigenvalue weighted by atomic mass is 16.4. The largest absolute Gasteiger partial charge is 0.481 e. The van der Waals surface area contributed by atoms with Crippen LogP contribution in [0, 0.1) is 11.8 Å². The van der Waals surface area contributed by atoms with E-state index >= 15 is 0 Å². The van der Waals surface area contributed by atoms with Crippen LogP contribution in [-0.4, -0.2) is 44.8 Å². The highest BCUT2D eigenvalue weighted by Crippen LogP contribution is 2.22. The van der Waals surface area contributed by atoms with E-state index in [1.165, 1.54) is 0 Å². The molecular formula is C13H19N3O3. The number of hydrogen-bond donors (Lipinski definition) is 1. The fraction of sp³-hybridized carbons (Fsp3) is 0.615. The Kier molecular flexibility index (Phi) is 4.19. The first-order valence-electron chi connectivity index (χ1n) is 6.54. The molecule has 1 aromatic rings. The van der Waals surface area contributed by atoms with Gasteiger partial charge in [-0.1, -0.05) is 6.92 Å². The van der Waals surface area contributed by atoms with E-state index in [1.54, 1.807) is 15.8 Å². The van der Waals surface area contributed by atoms with Crippen molar-refractivity contribution in [3.8, 4) is 0 Å². The van der Waals surface area contributed by atoms with Gasteiger partial charge < -0.3 is 10.0 Å². The standard InChI is InChI=1S/C13H19N3O3/c1-10-7-11(13(18)19)9-15(8-10)12(17)3-6-16-5-2-4-14-16/h2,4-5,10-11H,3,6-9H2,1H3,(H,18,19). The third-order valence-electron chi connectivity index (χ3n) is 3.48. The Morgan fingerprint density at radius 1 is 1.42 bits per heavy atom. The number of aromatic nitrogens is 2. The number of carboxylic acid groups (broad SMARTS) is 1. The summed E-state index contributed by atoms with van der Waals surface area (Å²) >= 11 is 0. The lowest BCUT2D eigenvalue weighted by molar-refractivity contribution is -0.147. The van der Waals surface area contributed by atoms with Gasteiger partial charge in [0.25, 0.3) is 0 Å². The summed E-state index contributed by atoms with van der Waals surface area (Å²) in [6.45, 7) is 3.51. The zero-order valence-corrected chi connectivity index (χ0v) is 11.0. The fourth-order valence-corrected chi connectivity index (χ4v) is 2.54. The third kappa shape index (κ3) is 3.56. The van der Waals surface area contributed by atoms with E-state index < -0.39 is 11.9 Å². The molecule has 0 bridgehead atoms. The van der Waals surface area contributed by atoms with Crippen LogP contribution in [0.2, 0.25) is 0 Å². The predicted molar refractivity (Wildman–Crippen MR) is 68.3 cm³/mol. The summed E-state index contributed by atoms with van der Waals surface area (Å²) in [5.41, 5.74) is 0. The van der Waals surface area contributed by atoms with E-state index in [0.29, 0.717) is 32.5 Å². The molecule has 1 aromatic heterocycles. The van der Waals surface area contributed by atoms with Crippen LogP contribution in [-0.2, 0) is 16.1 Å². The molecule has 1 fully saturated rings. The molecule has 2 unspecified atom stereocenters. The van der Waals surface area contributed by atoms with Gasteiger partial charge in [-0.15, -0.1) is 0 Å². The lowest BCUT2D eigenvalue weighted by Crippen LogP contribution is -2.45. The van der Waals surface area contributed by atoms with E-state index in [-0.39, 0.29) is 11.8 Å². The molecule has 19 heavy (non-hydrogen) atoms. The van der Waals surface area contributed by atoms with Gasteiger partial charge in [0.1, 0.15) is 0 Å². The monoisotopic (exact) mass is 265 g/mol. The lowest BCUT2D eigenvalue weighted by atomic mass is 9.90. The summed E-state index contributed by atoms with van der Waals surface area (Å²) in [5, 5.41) is 13.1. The van der Waals surface area contributed by atoms with Gasteiger partial charge in [-0.3, -0.25) is 14.3 Å². The molecular weight excluding hydrogens is 246 g/mol. The molecule has 0 aliphatic carbocycles. The minimum absolute atomic E-state index is 0.00769. The second-order valence-electron chi connectivity index (χ2n) is 5.19. The molecule has 1 amide bonds. The van der Waals surface area contributed by atoms with Crippen LogP contribution in [0.3, 0.4) is 0 Å². The summed E-state index contributed by atoms with van der Waals surface area (Å²) in [7, 11) is 0. The molecule has 0 radical (unpaired) electrons. The van der Waals surface area contributed by atoms with E-state index in [0.717, 1.165) is 0 Å².